The van der Waals surface area contributed by atoms with Crippen LogP contribution < -0.4 is 0 Å². The average molecular weight is 913 g/mol. The van der Waals surface area contributed by atoms with E-state index in [9.17, 15) is 29.4 Å². The molecule has 3 fully saturated rings. The van der Waals surface area contributed by atoms with Gasteiger partial charge in [-0.25, -0.2) is 9.59 Å². The Balaban J connectivity index is 0.928. The average Bonchev–Trinajstić information content (AvgIpc) is 3.31. The Morgan fingerprint density at radius 2 is 1.35 bits per heavy atom. The Kier molecular flexibility index (Phi) is 18.2. The number of ether oxygens (including phenoxy) is 4. The van der Waals surface area contributed by atoms with Gasteiger partial charge < -0.3 is 29.2 Å². The second-order valence-electron chi connectivity index (χ2n) is 21.4. The molecule has 0 heterocycles. The van der Waals surface area contributed by atoms with E-state index in [1.165, 1.54) is 37.7 Å². The van der Waals surface area contributed by atoms with Gasteiger partial charge in [-0.2, -0.15) is 0 Å². The second-order valence-corrected chi connectivity index (χ2v) is 21.4. The third-order valence-corrected chi connectivity index (χ3v) is 16.4. The van der Waals surface area contributed by atoms with Gasteiger partial charge in [-0.1, -0.05) is 117 Å². The van der Waals surface area contributed by atoms with Crippen LogP contribution in [0.4, 0.5) is 0 Å². The molecule has 0 spiro atoms. The van der Waals surface area contributed by atoms with Crippen LogP contribution in [0.3, 0.4) is 0 Å². The number of aliphatic hydroxyl groups is 2. The lowest BCUT2D eigenvalue weighted by Crippen LogP contribution is -2.53. The molecule has 2 aromatic carbocycles. The van der Waals surface area contributed by atoms with Crippen LogP contribution >= 0.6 is 0 Å². The highest BCUT2D eigenvalue weighted by Crippen LogP contribution is 2.61. The lowest BCUT2D eigenvalue weighted by Gasteiger charge is -2.56. The van der Waals surface area contributed by atoms with Crippen LogP contribution in [0.1, 0.15) is 165 Å². The molecule has 10 heteroatoms. The van der Waals surface area contributed by atoms with Crippen molar-refractivity contribution < 1.29 is 48.3 Å². The van der Waals surface area contributed by atoms with Gasteiger partial charge in [-0.15, -0.1) is 0 Å². The van der Waals surface area contributed by atoms with Gasteiger partial charge >= 0.3 is 23.9 Å². The molecule has 364 valence electrons. The first kappa shape index (κ1) is 51.4. The maximum Gasteiger partial charge on any atom is 0.338 e. The van der Waals surface area contributed by atoms with Crippen LogP contribution in [0.25, 0.3) is 10.8 Å². The third kappa shape index (κ3) is 12.5. The Bertz CT molecular complexity index is 2040. The number of hydrogen-bond acceptors (Lipinski definition) is 10. The standard InChI is InChI=1S/C56H80O10/c1-8-38-18-25-48-37(5)13-10-14-40(15-11-16-43(48)29-38)51(59)63-32-46(57)33-64-52(60)44-22-20-42-31-45(23-21-41(42)30-44)53(61)65-34-47(58)35-66-54(62)56(7)28-12-27-55(6)49(9-2)39(19-17-36(3)4)24-26-50(55)56/h17,19-24,30-31,36-38,40,43,46-50,57-58H,8-16,18,25-29,32-35H2,1-7H3/b19-17+/t37-,38?,40?,43?,46?,47?,48+,49-,50?,55+,56?/m0/s1. The van der Waals surface area contributed by atoms with Crippen molar-refractivity contribution in [2.75, 3.05) is 26.4 Å². The number of rotatable bonds is 16. The fourth-order valence-corrected chi connectivity index (χ4v) is 12.6. The van der Waals surface area contributed by atoms with E-state index in [-0.39, 0.29) is 66.7 Å². The maximum absolute atomic E-state index is 13.8. The molecular formula is C56H80O10. The zero-order valence-electron chi connectivity index (χ0n) is 41.1. The quantitative estimate of drug-likeness (QED) is 0.123. The first-order valence-electron chi connectivity index (χ1n) is 25.5. The molecule has 10 nitrogen and oxygen atoms in total. The number of benzene rings is 2. The summed E-state index contributed by atoms with van der Waals surface area (Å²) in [6.07, 6.45) is 20.2. The van der Waals surface area contributed by atoms with Gasteiger partial charge in [0, 0.05) is 0 Å². The van der Waals surface area contributed by atoms with Crippen molar-refractivity contribution in [3.05, 3.63) is 71.3 Å². The molecule has 2 N–H and O–H groups in total. The summed E-state index contributed by atoms with van der Waals surface area (Å²) in [5.41, 5.74) is 1.15. The zero-order valence-corrected chi connectivity index (χ0v) is 41.1. The fourth-order valence-electron chi connectivity index (χ4n) is 12.6. The van der Waals surface area contributed by atoms with Crippen molar-refractivity contribution in [1.82, 2.24) is 0 Å². The normalized spacial score (nSPS) is 30.3. The molecule has 66 heavy (non-hydrogen) atoms. The first-order chi connectivity index (χ1) is 31.6. The lowest BCUT2D eigenvalue weighted by molar-refractivity contribution is -0.172. The van der Waals surface area contributed by atoms with Crippen LogP contribution in [0, 0.1) is 58.2 Å². The number of carbonyl (C=O) groups is 4. The van der Waals surface area contributed by atoms with Gasteiger partial charge in [0.05, 0.1) is 22.5 Å². The van der Waals surface area contributed by atoms with Gasteiger partial charge in [0.25, 0.3) is 0 Å². The Labute approximate surface area is 394 Å². The van der Waals surface area contributed by atoms with Crippen molar-refractivity contribution in [3.8, 4) is 0 Å². The van der Waals surface area contributed by atoms with Crippen LogP contribution in [0.2, 0.25) is 0 Å². The highest BCUT2D eigenvalue weighted by molar-refractivity contribution is 5.99. The molecule has 0 radical (unpaired) electrons. The summed E-state index contributed by atoms with van der Waals surface area (Å²) in [5.74, 6) is 1.93. The number of carbonyl (C=O) groups excluding carboxylic acids is 4. The van der Waals surface area contributed by atoms with E-state index < -0.39 is 29.6 Å². The highest BCUT2D eigenvalue weighted by atomic mass is 16.6. The predicted octanol–water partition coefficient (Wildman–Crippen LogP) is 11.4. The van der Waals surface area contributed by atoms with E-state index in [0.29, 0.717) is 28.5 Å². The molecule has 4 aliphatic carbocycles. The summed E-state index contributed by atoms with van der Waals surface area (Å²) < 4.78 is 22.2. The highest BCUT2D eigenvalue weighted by Gasteiger charge is 2.57. The molecule has 0 aromatic heterocycles. The molecule has 7 unspecified atom stereocenters. The van der Waals surface area contributed by atoms with E-state index in [1.807, 2.05) is 6.92 Å². The van der Waals surface area contributed by atoms with Crippen molar-refractivity contribution in [2.45, 2.75) is 157 Å². The maximum atomic E-state index is 13.8. The molecule has 4 aliphatic rings. The largest absolute Gasteiger partial charge is 0.463 e. The molecule has 6 rings (SSSR count). The minimum atomic E-state index is -1.19. The van der Waals surface area contributed by atoms with Gasteiger partial charge in [0.15, 0.2) is 0 Å². The molecule has 2 aromatic rings. The summed E-state index contributed by atoms with van der Waals surface area (Å²) in [5, 5.41) is 22.7. The van der Waals surface area contributed by atoms with Gasteiger partial charge in [0.2, 0.25) is 0 Å². The van der Waals surface area contributed by atoms with Crippen molar-refractivity contribution in [2.24, 2.45) is 58.2 Å². The molecule has 0 saturated heterocycles. The molecule has 0 bridgehead atoms. The van der Waals surface area contributed by atoms with Gasteiger partial charge in [0.1, 0.15) is 38.6 Å². The fraction of sp³-hybridized carbons (Fsp3) is 0.679. The molecular weight excluding hydrogens is 833 g/mol. The van der Waals surface area contributed by atoms with E-state index in [1.54, 1.807) is 36.4 Å². The number of allylic oxidation sites excluding steroid dienone is 4. The minimum Gasteiger partial charge on any atom is -0.463 e. The second kappa shape index (κ2) is 23.3. The van der Waals surface area contributed by atoms with E-state index in [2.05, 4.69) is 59.8 Å². The van der Waals surface area contributed by atoms with E-state index in [4.69, 9.17) is 18.9 Å². The van der Waals surface area contributed by atoms with Crippen molar-refractivity contribution >= 4 is 34.6 Å². The predicted molar refractivity (Wildman–Crippen MR) is 257 cm³/mol. The van der Waals surface area contributed by atoms with E-state index in [0.717, 1.165) is 82.0 Å². The topological polar surface area (TPSA) is 146 Å². The van der Waals surface area contributed by atoms with Crippen molar-refractivity contribution in [3.63, 3.8) is 0 Å². The monoisotopic (exact) mass is 913 g/mol. The lowest BCUT2D eigenvalue weighted by atomic mass is 9.47. The summed E-state index contributed by atoms with van der Waals surface area (Å²) in [6, 6.07) is 9.81. The Morgan fingerprint density at radius 3 is 1.95 bits per heavy atom. The zero-order chi connectivity index (χ0) is 47.6. The number of aliphatic hydroxyl groups excluding tert-OH is 2. The minimum absolute atomic E-state index is 0.0439. The molecule has 0 aliphatic heterocycles. The number of fused-ring (bicyclic) bond motifs is 3. The Hall–Kier alpha value is -4.02. The summed E-state index contributed by atoms with van der Waals surface area (Å²) in [6.45, 7) is 14.5. The van der Waals surface area contributed by atoms with E-state index >= 15 is 0 Å². The molecule has 11 atom stereocenters. The van der Waals surface area contributed by atoms with Crippen LogP contribution in [-0.2, 0) is 28.5 Å². The summed E-state index contributed by atoms with van der Waals surface area (Å²) in [7, 11) is 0. The van der Waals surface area contributed by atoms with Crippen molar-refractivity contribution in [1.29, 1.82) is 0 Å². The van der Waals surface area contributed by atoms with Gasteiger partial charge in [-0.3, -0.25) is 9.59 Å². The van der Waals surface area contributed by atoms with Crippen LogP contribution in [0.15, 0.2) is 60.2 Å². The van der Waals surface area contributed by atoms with Crippen LogP contribution in [-0.4, -0.2) is 72.7 Å². The SMILES string of the molecule is CCC1CC[C@H]2C(CCCC(C(=O)OCC(O)COC(=O)c3ccc4cc(C(=O)OCC(O)COC(=O)C5(C)CCC[C@@]6(C)C5CC=C(/C=C/C(C)C)[C@@H]6CC)ccc4c3)CCC[C@@H]2C)C1. The van der Waals surface area contributed by atoms with Gasteiger partial charge in [-0.05, 0) is 146 Å². The molecule has 0 amide bonds. The first-order valence-corrected chi connectivity index (χ1v) is 25.5. The number of hydrogen-bond donors (Lipinski definition) is 2. The summed E-state index contributed by atoms with van der Waals surface area (Å²) >= 11 is 0. The Morgan fingerprint density at radius 1 is 0.742 bits per heavy atom. The third-order valence-electron chi connectivity index (χ3n) is 16.4. The smallest absolute Gasteiger partial charge is 0.338 e. The molecule has 3 saturated carbocycles. The van der Waals surface area contributed by atoms with Crippen LogP contribution in [0.5, 0.6) is 0 Å². The summed E-state index contributed by atoms with van der Waals surface area (Å²) in [4.78, 5) is 53.0. The number of esters is 4.